The molecule has 0 aromatic heterocycles. The molecule has 1 unspecified atom stereocenters. The molecule has 0 aliphatic carbocycles. The Morgan fingerprint density at radius 1 is 2.00 bits per heavy atom. The van der Waals surface area contributed by atoms with Crippen molar-refractivity contribution in [1.82, 2.24) is 2.88 Å². The van der Waals surface area contributed by atoms with Crippen LogP contribution >= 0.6 is 32.3 Å². The maximum Gasteiger partial charge on any atom is 0.0236 e. The molecule has 0 saturated carbocycles. The molecule has 0 radical (unpaired) electrons. The maximum atomic E-state index is 2.48. The first-order valence-corrected chi connectivity index (χ1v) is 2.36. The summed E-state index contributed by atoms with van der Waals surface area (Å²) in [6.07, 6.45) is 0. The van der Waals surface area contributed by atoms with Crippen LogP contribution in [0.5, 0.6) is 0 Å². The molecule has 0 saturated heterocycles. The highest BCUT2D eigenvalue weighted by molar-refractivity contribution is 14.1. The third-order valence-corrected chi connectivity index (χ3v) is 0. The molecule has 1 atom stereocenters. The summed E-state index contributed by atoms with van der Waals surface area (Å²) in [5.74, 6) is 0. The standard InChI is InChI=1S/CH5INP/c1-3(2)4/h4H2,1H3. The molecule has 4 heavy (non-hydrogen) atoms. The fraction of sp³-hybridized carbons (Fsp3) is 1.00. The molecule has 0 aromatic carbocycles. The quantitative estimate of drug-likeness (QED) is 0.312. The minimum Gasteiger partial charge on any atom is -0.235 e. The van der Waals surface area contributed by atoms with Crippen molar-refractivity contribution >= 4 is 32.3 Å². The van der Waals surface area contributed by atoms with Crippen LogP contribution in [0.2, 0.25) is 0 Å². The normalized spacial score (nSPS) is 9.00. The molecule has 3 heteroatoms. The molecule has 0 spiro atoms. The molecule has 1 nitrogen and oxygen atoms in total. The van der Waals surface area contributed by atoms with Crippen molar-refractivity contribution < 1.29 is 0 Å². The molecule has 0 aliphatic rings. The smallest absolute Gasteiger partial charge is 0.0236 e. The van der Waals surface area contributed by atoms with Gasteiger partial charge in [-0.15, -0.1) is 0 Å². The van der Waals surface area contributed by atoms with Gasteiger partial charge in [-0.2, -0.15) is 0 Å². The SMILES string of the molecule is CN(P)I. The molecule has 0 bridgehead atoms. The maximum absolute atomic E-state index is 2.48. The van der Waals surface area contributed by atoms with E-state index in [1.165, 1.54) is 0 Å². The van der Waals surface area contributed by atoms with Crippen LogP contribution in [0, 0.1) is 0 Å². The lowest BCUT2D eigenvalue weighted by molar-refractivity contribution is 1.02. The van der Waals surface area contributed by atoms with Gasteiger partial charge in [0.25, 0.3) is 0 Å². The van der Waals surface area contributed by atoms with Crippen molar-refractivity contribution in [2.24, 2.45) is 0 Å². The van der Waals surface area contributed by atoms with Crippen LogP contribution in [0.3, 0.4) is 0 Å². The summed E-state index contributed by atoms with van der Waals surface area (Å²) >= 11 is 2.14. The van der Waals surface area contributed by atoms with Gasteiger partial charge in [-0.3, -0.25) is 0 Å². The van der Waals surface area contributed by atoms with Gasteiger partial charge < -0.3 is 0 Å². The van der Waals surface area contributed by atoms with Gasteiger partial charge in [0.1, 0.15) is 0 Å². The Hall–Kier alpha value is 1.12. The molecular formula is CH5INP. The minimum atomic E-state index is 1.89. The number of hydrogen-bond donors (Lipinski definition) is 0. The van der Waals surface area contributed by atoms with Crippen LogP contribution in [-0.2, 0) is 0 Å². The topological polar surface area (TPSA) is 3.24 Å². The van der Waals surface area contributed by atoms with Crippen molar-refractivity contribution in [3.05, 3.63) is 0 Å². The molecular weight excluding hydrogens is 184 g/mol. The highest BCUT2D eigenvalue weighted by Crippen LogP contribution is 1.97. The Labute approximate surface area is 42.5 Å². The first-order valence-electron chi connectivity index (χ1n) is 0.874. The van der Waals surface area contributed by atoms with E-state index >= 15 is 0 Å². The zero-order valence-electron chi connectivity index (χ0n) is 2.40. The summed E-state index contributed by atoms with van der Waals surface area (Å²) < 4.78 is 1.89. The first-order chi connectivity index (χ1) is 1.73. The summed E-state index contributed by atoms with van der Waals surface area (Å²) in [5.41, 5.74) is 0. The Balaban J connectivity index is 2.32. The summed E-state index contributed by atoms with van der Waals surface area (Å²) in [6.45, 7) is 0. The second-order valence-corrected chi connectivity index (χ2v) is 3.87. The van der Waals surface area contributed by atoms with E-state index in [4.69, 9.17) is 0 Å². The van der Waals surface area contributed by atoms with Gasteiger partial charge in [0.05, 0.1) is 0 Å². The van der Waals surface area contributed by atoms with Gasteiger partial charge >= 0.3 is 0 Å². The molecule has 0 amide bonds. The van der Waals surface area contributed by atoms with E-state index in [0.29, 0.717) is 0 Å². The van der Waals surface area contributed by atoms with Crippen molar-refractivity contribution in [3.63, 3.8) is 0 Å². The van der Waals surface area contributed by atoms with E-state index in [2.05, 4.69) is 32.3 Å². The van der Waals surface area contributed by atoms with Gasteiger partial charge in [0, 0.05) is 29.9 Å². The molecule has 0 heterocycles. The Kier molecular flexibility index (Phi) is 3.02. The van der Waals surface area contributed by atoms with Gasteiger partial charge in [-0.1, -0.05) is 9.39 Å². The summed E-state index contributed by atoms with van der Waals surface area (Å²) in [7, 11) is 4.43. The van der Waals surface area contributed by atoms with E-state index in [1.807, 2.05) is 9.93 Å². The van der Waals surface area contributed by atoms with Crippen LogP contribution in [0.1, 0.15) is 0 Å². The summed E-state index contributed by atoms with van der Waals surface area (Å²) in [6, 6.07) is 0. The van der Waals surface area contributed by atoms with Gasteiger partial charge in [-0.05, 0) is 0 Å². The monoisotopic (exact) mass is 189 g/mol. The van der Waals surface area contributed by atoms with Crippen LogP contribution < -0.4 is 0 Å². The van der Waals surface area contributed by atoms with Crippen molar-refractivity contribution in [2.75, 3.05) is 7.05 Å². The highest BCUT2D eigenvalue weighted by atomic mass is 127. The molecule has 0 rings (SSSR count). The third kappa shape index (κ3) is 11.2. The number of rotatable bonds is 0. The Morgan fingerprint density at radius 2 is 2.00 bits per heavy atom. The second-order valence-electron chi connectivity index (χ2n) is 0.525. The number of hydrogen-bond acceptors (Lipinski definition) is 1. The van der Waals surface area contributed by atoms with E-state index in [9.17, 15) is 0 Å². The molecule has 0 aliphatic heterocycles. The first kappa shape index (κ1) is 5.12. The lowest BCUT2D eigenvalue weighted by Gasteiger charge is -1.86. The highest BCUT2D eigenvalue weighted by Gasteiger charge is 1.61. The average molecular weight is 189 g/mol. The fourth-order valence-corrected chi connectivity index (χ4v) is 0. The third-order valence-electron chi connectivity index (χ3n) is 0. The number of halogens is 1. The lowest BCUT2D eigenvalue weighted by atomic mass is 11.6. The van der Waals surface area contributed by atoms with E-state index < -0.39 is 0 Å². The van der Waals surface area contributed by atoms with Crippen molar-refractivity contribution in [3.8, 4) is 0 Å². The molecule has 0 aromatic rings. The van der Waals surface area contributed by atoms with E-state index in [0.717, 1.165) is 0 Å². The summed E-state index contributed by atoms with van der Waals surface area (Å²) in [5, 5.41) is 0. The fourth-order valence-electron chi connectivity index (χ4n) is 0. The zero-order valence-corrected chi connectivity index (χ0v) is 5.71. The molecule has 0 N–H and O–H groups in total. The predicted octanol–water partition coefficient (Wildman–Crippen LogP) is 1.06. The van der Waals surface area contributed by atoms with Crippen LogP contribution in [0.4, 0.5) is 0 Å². The average Bonchev–Trinajstić information content (AvgIpc) is 0.811. The second kappa shape index (κ2) is 2.36. The van der Waals surface area contributed by atoms with Crippen LogP contribution in [-0.4, -0.2) is 9.93 Å². The summed E-state index contributed by atoms with van der Waals surface area (Å²) in [4.78, 5) is 0. The van der Waals surface area contributed by atoms with Gasteiger partial charge in [-0.25, -0.2) is 2.88 Å². The largest absolute Gasteiger partial charge is 0.235 e. The Morgan fingerprint density at radius 3 is 2.00 bits per heavy atom. The minimum absolute atomic E-state index is 1.89. The van der Waals surface area contributed by atoms with Crippen molar-refractivity contribution in [2.45, 2.75) is 0 Å². The van der Waals surface area contributed by atoms with Crippen LogP contribution in [0.15, 0.2) is 0 Å². The van der Waals surface area contributed by atoms with Gasteiger partial charge in [0.15, 0.2) is 0 Å². The van der Waals surface area contributed by atoms with E-state index in [-0.39, 0.29) is 0 Å². The number of nitrogens with zero attached hydrogens (tertiary/aromatic N) is 1. The Bertz CT molecular complexity index is 12.8. The molecule has 0 fully saturated rings. The van der Waals surface area contributed by atoms with E-state index in [1.54, 1.807) is 0 Å². The molecule has 26 valence electrons. The van der Waals surface area contributed by atoms with Crippen molar-refractivity contribution in [1.29, 1.82) is 0 Å². The zero-order chi connectivity index (χ0) is 3.58. The predicted molar refractivity (Wildman–Crippen MR) is 31.5 cm³/mol. The van der Waals surface area contributed by atoms with Gasteiger partial charge in [0.2, 0.25) is 0 Å². The van der Waals surface area contributed by atoms with Crippen LogP contribution in [0.25, 0.3) is 0 Å². The lowest BCUT2D eigenvalue weighted by Crippen LogP contribution is -1.74.